The maximum atomic E-state index is 11.9. The van der Waals surface area contributed by atoms with E-state index in [0.717, 1.165) is 11.8 Å². The highest BCUT2D eigenvalue weighted by atomic mass is 35.5. The summed E-state index contributed by atoms with van der Waals surface area (Å²) in [5.41, 5.74) is 0.422. The topological polar surface area (TPSA) is 38.3 Å². The minimum Gasteiger partial charge on any atom is -0.433 e. The minimum atomic E-state index is -2.93. The molecule has 0 radical (unpaired) electrons. The van der Waals surface area contributed by atoms with Gasteiger partial charge in [-0.25, -0.2) is 0 Å². The van der Waals surface area contributed by atoms with Gasteiger partial charge in [-0.05, 0) is 24.5 Å². The number of anilines is 1. The highest BCUT2D eigenvalue weighted by Crippen LogP contribution is 2.29. The van der Waals surface area contributed by atoms with Crippen LogP contribution >= 0.6 is 23.4 Å². The maximum Gasteiger partial charge on any atom is 0.387 e. The number of rotatable bonds is 3. The quantitative estimate of drug-likeness (QED) is 0.904. The van der Waals surface area contributed by atoms with Crippen LogP contribution in [0.25, 0.3) is 0 Å². The van der Waals surface area contributed by atoms with Crippen LogP contribution in [0.15, 0.2) is 18.2 Å². The molecule has 3 nitrogen and oxygen atoms in total. The number of nitrogens with one attached hydrogen (secondary N) is 1. The van der Waals surface area contributed by atoms with E-state index < -0.39 is 6.61 Å². The number of benzene rings is 1. The van der Waals surface area contributed by atoms with Crippen LogP contribution in [0.3, 0.4) is 0 Å². The second-order valence-corrected chi connectivity index (χ2v) is 3.83. The van der Waals surface area contributed by atoms with Crippen LogP contribution in [0.2, 0.25) is 5.02 Å². The number of halogens is 3. The summed E-state index contributed by atoms with van der Waals surface area (Å²) in [6.45, 7) is -2.93. The van der Waals surface area contributed by atoms with Crippen LogP contribution < -0.4 is 10.1 Å². The summed E-state index contributed by atoms with van der Waals surface area (Å²) in [6, 6.07) is 4.04. The molecule has 0 heterocycles. The van der Waals surface area contributed by atoms with E-state index in [1.54, 1.807) is 6.26 Å². The monoisotopic (exact) mass is 267 g/mol. The molecule has 1 aromatic rings. The number of hydrogen-bond donors (Lipinski definition) is 1. The van der Waals surface area contributed by atoms with E-state index in [2.05, 4.69) is 10.1 Å². The number of thioether (sulfide) groups is 1. The van der Waals surface area contributed by atoms with Gasteiger partial charge in [-0.2, -0.15) is 8.78 Å². The molecule has 0 fully saturated rings. The molecule has 0 bridgehead atoms. The number of alkyl halides is 2. The van der Waals surface area contributed by atoms with Crippen molar-refractivity contribution in [2.75, 3.05) is 11.6 Å². The van der Waals surface area contributed by atoms with E-state index in [4.69, 9.17) is 11.6 Å². The predicted octanol–water partition coefficient (Wildman–Crippen LogP) is 3.84. The number of amides is 1. The number of carbonyl (C=O) groups excluding carboxylic acids is 1. The van der Waals surface area contributed by atoms with Gasteiger partial charge in [0.2, 0.25) is 0 Å². The average Bonchev–Trinajstić information content (AvgIpc) is 2.21. The summed E-state index contributed by atoms with van der Waals surface area (Å²) in [6.07, 6.45) is 1.62. The van der Waals surface area contributed by atoms with Crippen molar-refractivity contribution in [3.63, 3.8) is 0 Å². The average molecular weight is 268 g/mol. The van der Waals surface area contributed by atoms with Gasteiger partial charge in [-0.1, -0.05) is 23.4 Å². The molecular weight excluding hydrogens is 260 g/mol. The molecule has 1 aromatic carbocycles. The Labute approximate surface area is 100 Å². The van der Waals surface area contributed by atoms with E-state index in [9.17, 15) is 13.6 Å². The van der Waals surface area contributed by atoms with Crippen LogP contribution in [-0.2, 0) is 0 Å². The van der Waals surface area contributed by atoms with Crippen LogP contribution in [0.1, 0.15) is 0 Å². The fourth-order valence-corrected chi connectivity index (χ4v) is 1.38. The van der Waals surface area contributed by atoms with Crippen molar-refractivity contribution >= 4 is 34.3 Å². The van der Waals surface area contributed by atoms with Gasteiger partial charge in [-0.3, -0.25) is 4.79 Å². The van der Waals surface area contributed by atoms with Crippen LogP contribution in [-0.4, -0.2) is 18.1 Å². The lowest BCUT2D eigenvalue weighted by Gasteiger charge is -2.08. The molecule has 0 aliphatic rings. The lowest BCUT2D eigenvalue weighted by molar-refractivity contribution is -0.0497. The van der Waals surface area contributed by atoms with E-state index in [1.165, 1.54) is 18.2 Å². The molecule has 16 heavy (non-hydrogen) atoms. The molecule has 1 rings (SSSR count). The normalized spacial score (nSPS) is 10.3. The van der Waals surface area contributed by atoms with Gasteiger partial charge in [0.15, 0.2) is 0 Å². The van der Waals surface area contributed by atoms with Gasteiger partial charge in [0.05, 0.1) is 5.02 Å². The zero-order valence-electron chi connectivity index (χ0n) is 8.17. The van der Waals surface area contributed by atoms with Gasteiger partial charge >= 0.3 is 6.61 Å². The fraction of sp³-hybridized carbons (Fsp3) is 0.222. The molecule has 88 valence electrons. The van der Waals surface area contributed by atoms with Crippen molar-refractivity contribution in [2.24, 2.45) is 0 Å². The van der Waals surface area contributed by atoms with Crippen molar-refractivity contribution < 1.29 is 18.3 Å². The Hall–Kier alpha value is -1.01. The molecule has 0 spiro atoms. The van der Waals surface area contributed by atoms with E-state index >= 15 is 0 Å². The van der Waals surface area contributed by atoms with Crippen LogP contribution in [0, 0.1) is 0 Å². The molecule has 0 atom stereocenters. The van der Waals surface area contributed by atoms with Crippen molar-refractivity contribution in [2.45, 2.75) is 6.61 Å². The molecule has 7 heteroatoms. The SMILES string of the molecule is CSC(=O)Nc1ccc(OC(F)F)c(Cl)c1. The van der Waals surface area contributed by atoms with Crippen LogP contribution in [0.4, 0.5) is 19.3 Å². The summed E-state index contributed by atoms with van der Waals surface area (Å²) in [4.78, 5) is 11.0. The third kappa shape index (κ3) is 3.86. The first kappa shape index (κ1) is 13.1. The van der Waals surface area contributed by atoms with E-state index in [-0.39, 0.29) is 16.0 Å². The van der Waals surface area contributed by atoms with E-state index in [1.807, 2.05) is 0 Å². The Morgan fingerprint density at radius 1 is 1.56 bits per heavy atom. The molecule has 0 saturated carbocycles. The first-order chi connectivity index (χ1) is 7.52. The molecular formula is C9H8ClF2NO2S. The Bertz CT molecular complexity index is 390. The summed E-state index contributed by atoms with van der Waals surface area (Å²) in [5, 5.41) is 2.26. The lowest BCUT2D eigenvalue weighted by Crippen LogP contribution is -2.05. The molecule has 1 N–H and O–H groups in total. The fourth-order valence-electron chi connectivity index (χ4n) is 0.939. The first-order valence-corrected chi connectivity index (χ1v) is 5.72. The highest BCUT2D eigenvalue weighted by Gasteiger charge is 2.09. The third-order valence-corrected chi connectivity index (χ3v) is 2.35. The largest absolute Gasteiger partial charge is 0.433 e. The maximum absolute atomic E-state index is 11.9. The zero-order chi connectivity index (χ0) is 12.1. The summed E-state index contributed by atoms with van der Waals surface area (Å²) < 4.78 is 28.0. The predicted molar refractivity (Wildman–Crippen MR) is 60.6 cm³/mol. The van der Waals surface area contributed by atoms with Gasteiger partial charge in [0.25, 0.3) is 5.24 Å². The minimum absolute atomic E-state index is 0.0132. The van der Waals surface area contributed by atoms with E-state index in [0.29, 0.717) is 5.69 Å². The molecule has 1 amide bonds. The summed E-state index contributed by atoms with van der Waals surface area (Å²) in [7, 11) is 0. The summed E-state index contributed by atoms with van der Waals surface area (Å²) >= 11 is 6.68. The standard InChI is InChI=1S/C9H8ClF2NO2S/c1-16-9(14)13-5-2-3-7(6(10)4-5)15-8(11)12/h2-4,8H,1H3,(H,13,14). The smallest absolute Gasteiger partial charge is 0.387 e. The van der Waals surface area contributed by atoms with Crippen molar-refractivity contribution in [1.82, 2.24) is 0 Å². The number of ether oxygens (including phenoxy) is 1. The summed E-state index contributed by atoms with van der Waals surface area (Å²) in [5.74, 6) is -0.126. The Kier molecular flexibility index (Phi) is 4.82. The molecule has 0 aromatic heterocycles. The van der Waals surface area contributed by atoms with Gasteiger partial charge in [-0.15, -0.1) is 0 Å². The molecule has 0 saturated heterocycles. The molecule has 0 unspecified atom stereocenters. The van der Waals surface area contributed by atoms with Crippen molar-refractivity contribution in [3.05, 3.63) is 23.2 Å². The second kappa shape index (κ2) is 5.91. The first-order valence-electron chi connectivity index (χ1n) is 4.12. The zero-order valence-corrected chi connectivity index (χ0v) is 9.74. The van der Waals surface area contributed by atoms with Gasteiger partial charge < -0.3 is 10.1 Å². The second-order valence-electron chi connectivity index (χ2n) is 2.64. The van der Waals surface area contributed by atoms with Crippen LogP contribution in [0.5, 0.6) is 5.75 Å². The Morgan fingerprint density at radius 3 is 2.75 bits per heavy atom. The van der Waals surface area contributed by atoms with Crippen molar-refractivity contribution in [3.8, 4) is 5.75 Å². The van der Waals surface area contributed by atoms with Gasteiger partial charge in [0, 0.05) is 5.69 Å². The number of carbonyl (C=O) groups is 1. The molecule has 0 aliphatic carbocycles. The Morgan fingerprint density at radius 2 is 2.25 bits per heavy atom. The van der Waals surface area contributed by atoms with Gasteiger partial charge in [0.1, 0.15) is 5.75 Å². The van der Waals surface area contributed by atoms with Crippen molar-refractivity contribution in [1.29, 1.82) is 0 Å². The highest BCUT2D eigenvalue weighted by molar-refractivity contribution is 8.13. The lowest BCUT2D eigenvalue weighted by atomic mass is 10.3. The molecule has 0 aliphatic heterocycles. The Balaban J connectivity index is 2.78. The third-order valence-electron chi connectivity index (χ3n) is 1.58. The number of hydrogen-bond acceptors (Lipinski definition) is 3.